The Bertz CT molecular complexity index is 1880. The smallest absolute Gasteiger partial charge is 0.341 e. The summed E-state index contributed by atoms with van der Waals surface area (Å²) >= 11 is 0. The number of ether oxygens (including phenoxy) is 2. The van der Waals surface area contributed by atoms with Crippen LogP contribution in [0.25, 0.3) is 5.69 Å². The summed E-state index contributed by atoms with van der Waals surface area (Å²) in [7, 11) is 0.340. The van der Waals surface area contributed by atoms with Crippen LogP contribution in [0, 0.1) is 0 Å². The van der Waals surface area contributed by atoms with Crippen LogP contribution in [0.5, 0.6) is 0 Å². The number of anilines is 1. The van der Waals surface area contributed by atoms with E-state index in [2.05, 4.69) is 121 Å². The fraction of sp³-hybridized carbons (Fsp3) is 0.400. The van der Waals surface area contributed by atoms with E-state index in [9.17, 15) is 4.79 Å². The minimum Gasteiger partial charge on any atom is -0.462 e. The van der Waals surface area contributed by atoms with E-state index in [1.807, 2.05) is 24.9 Å². The molecule has 7 rings (SSSR count). The molecule has 2 aliphatic rings. The zero-order chi connectivity index (χ0) is 34.9. The highest BCUT2D eigenvalue weighted by molar-refractivity contribution is 8.34. The van der Waals surface area contributed by atoms with Crippen LogP contribution in [0.15, 0.2) is 107 Å². The lowest BCUT2D eigenvalue weighted by molar-refractivity contribution is 0.0525. The molecule has 0 spiro atoms. The largest absolute Gasteiger partial charge is 0.462 e. The minimum absolute atomic E-state index is 0.0179. The first-order chi connectivity index (χ1) is 24.2. The first-order valence-electron chi connectivity index (χ1n) is 17.7. The summed E-state index contributed by atoms with van der Waals surface area (Å²) in [5.41, 5.74) is 4.37. The first kappa shape index (κ1) is 34.1. The fourth-order valence-corrected chi connectivity index (χ4v) is 11.4. The average Bonchev–Trinajstić information content (AvgIpc) is 3.57. The van der Waals surface area contributed by atoms with Gasteiger partial charge in [0.25, 0.3) is 0 Å². The fourth-order valence-electron chi connectivity index (χ4n) is 7.44. The molecule has 1 saturated heterocycles. The van der Waals surface area contributed by atoms with Crippen LogP contribution >= 0.6 is 10.0 Å². The van der Waals surface area contributed by atoms with Gasteiger partial charge in [0.1, 0.15) is 5.56 Å². The van der Waals surface area contributed by atoms with Gasteiger partial charge in [-0.3, -0.25) is 4.68 Å². The van der Waals surface area contributed by atoms with Crippen molar-refractivity contribution in [1.29, 1.82) is 0 Å². The van der Waals surface area contributed by atoms with Gasteiger partial charge in [-0.05, 0) is 78.4 Å². The molecule has 3 aromatic carbocycles. The summed E-state index contributed by atoms with van der Waals surface area (Å²) < 4.78 is 16.1. The molecule has 9 nitrogen and oxygen atoms in total. The molecule has 10 heteroatoms. The highest BCUT2D eigenvalue weighted by Crippen LogP contribution is 2.70. The second kappa shape index (κ2) is 14.1. The van der Waals surface area contributed by atoms with Crippen LogP contribution in [-0.4, -0.2) is 67.2 Å². The lowest BCUT2D eigenvalue weighted by Gasteiger charge is -2.51. The molecule has 0 N–H and O–H groups in total. The van der Waals surface area contributed by atoms with Gasteiger partial charge in [-0.1, -0.05) is 68.4 Å². The third-order valence-electron chi connectivity index (χ3n) is 10.1. The number of piperidine rings is 1. The summed E-state index contributed by atoms with van der Waals surface area (Å²) in [5.74, 6) is 0.615. The number of hydrogen-bond donors (Lipinski definition) is 0. The van der Waals surface area contributed by atoms with Crippen molar-refractivity contribution in [1.82, 2.24) is 24.8 Å². The predicted molar refractivity (Wildman–Crippen MR) is 199 cm³/mol. The molecule has 1 aliphatic carbocycles. The van der Waals surface area contributed by atoms with E-state index in [1.54, 1.807) is 10.9 Å². The Labute approximate surface area is 296 Å². The van der Waals surface area contributed by atoms with E-state index >= 15 is 0 Å². The van der Waals surface area contributed by atoms with Gasteiger partial charge >= 0.3 is 5.97 Å². The first-order valence-corrected chi connectivity index (χ1v) is 19.5. The Hall–Kier alpha value is -4.41. The Kier molecular flexibility index (Phi) is 9.59. The second-order valence-corrected chi connectivity index (χ2v) is 18.2. The topological polar surface area (TPSA) is 87.3 Å². The van der Waals surface area contributed by atoms with Crippen molar-refractivity contribution < 1.29 is 14.3 Å². The van der Waals surface area contributed by atoms with Gasteiger partial charge in [0.15, 0.2) is 0 Å². The van der Waals surface area contributed by atoms with Crippen molar-refractivity contribution in [2.45, 2.75) is 79.4 Å². The summed E-state index contributed by atoms with van der Waals surface area (Å²) in [6.07, 6.45) is 6.66. The van der Waals surface area contributed by atoms with Gasteiger partial charge in [-0.15, -0.1) is 5.10 Å². The van der Waals surface area contributed by atoms with E-state index in [0.717, 1.165) is 55.1 Å². The maximum Gasteiger partial charge on any atom is 0.341 e. The monoisotopic (exact) mass is 692 g/mol. The molecule has 0 bridgehead atoms. The quantitative estimate of drug-likeness (QED) is 0.129. The summed E-state index contributed by atoms with van der Waals surface area (Å²) in [6.45, 7) is 11.0. The second-order valence-electron chi connectivity index (χ2n) is 14.3. The van der Waals surface area contributed by atoms with Crippen LogP contribution in [0.3, 0.4) is 0 Å². The van der Waals surface area contributed by atoms with Crippen molar-refractivity contribution >= 4 is 21.7 Å². The molecule has 2 fully saturated rings. The molecule has 3 atom stereocenters. The van der Waals surface area contributed by atoms with Gasteiger partial charge in [-0.25, -0.2) is 9.48 Å². The summed E-state index contributed by atoms with van der Waals surface area (Å²) in [6, 6.07) is 30.4. The number of carbonyl (C=O) groups is 1. The molecule has 50 heavy (non-hydrogen) atoms. The Balaban J connectivity index is 1.14. The van der Waals surface area contributed by atoms with E-state index in [-0.39, 0.29) is 28.7 Å². The molecule has 0 radical (unpaired) electrons. The number of aryl methyl sites for hydroxylation is 1. The van der Waals surface area contributed by atoms with Gasteiger partial charge in [0.05, 0.1) is 41.9 Å². The SMILES string of the molecule is CCOC(=O)c1cnn(-c2cccc(N3CCC[C@@H](OCS(c4ccccc4)(c4ccccc4)C(C)(C)C)C3)c2)c1[C@@H]1C[C@H]1c1cn(C)nn1. The van der Waals surface area contributed by atoms with Crippen molar-refractivity contribution in [3.63, 3.8) is 0 Å². The standard InChI is InChI=1S/C40H48N6O3S/c1-6-48-39(47)36-25-41-46(38(36)35-24-34(35)37-27-44(5)43-42-37)30-16-13-15-29(23-30)45-22-14-17-31(26-45)49-28-50(40(2,3)4,32-18-9-7-10-19-32)33-20-11-8-12-21-33/h7-13,15-16,18-21,23,25,27,31,34-35H,6,14,17,22,24,26,28H2,1-5H3/t31-,34-,35-/m1/s1. The molecule has 0 unspecified atom stereocenters. The molecule has 1 aliphatic heterocycles. The van der Waals surface area contributed by atoms with E-state index in [4.69, 9.17) is 14.6 Å². The molecular formula is C40H48N6O3S. The Morgan fingerprint density at radius 2 is 1.64 bits per heavy atom. The normalized spacial score (nSPS) is 19.7. The highest BCUT2D eigenvalue weighted by Gasteiger charge is 2.46. The number of hydrogen-bond acceptors (Lipinski definition) is 7. The van der Waals surface area contributed by atoms with E-state index in [0.29, 0.717) is 18.1 Å². The predicted octanol–water partition coefficient (Wildman–Crippen LogP) is 8.11. The molecular weight excluding hydrogens is 645 g/mol. The van der Waals surface area contributed by atoms with Gasteiger partial charge in [-0.2, -0.15) is 15.1 Å². The number of benzene rings is 3. The van der Waals surface area contributed by atoms with Crippen LogP contribution in [0.4, 0.5) is 5.69 Å². The summed E-state index contributed by atoms with van der Waals surface area (Å²) in [4.78, 5) is 18.2. The van der Waals surface area contributed by atoms with Crippen molar-refractivity contribution in [2.75, 3.05) is 30.5 Å². The molecule has 3 heterocycles. The highest BCUT2D eigenvalue weighted by atomic mass is 32.3. The zero-order valence-corrected chi connectivity index (χ0v) is 30.6. The van der Waals surface area contributed by atoms with E-state index in [1.165, 1.54) is 9.79 Å². The Morgan fingerprint density at radius 1 is 0.940 bits per heavy atom. The van der Waals surface area contributed by atoms with Gasteiger partial charge < -0.3 is 14.4 Å². The van der Waals surface area contributed by atoms with Crippen LogP contribution in [0.2, 0.25) is 0 Å². The molecule has 1 saturated carbocycles. The lowest BCUT2D eigenvalue weighted by atomic mass is 10.1. The summed E-state index contributed by atoms with van der Waals surface area (Å²) in [5, 5.41) is 13.3. The van der Waals surface area contributed by atoms with Crippen molar-refractivity contribution in [3.8, 4) is 5.69 Å². The number of nitrogens with zero attached hydrogens (tertiary/aromatic N) is 6. The number of carbonyl (C=O) groups excluding carboxylic acids is 1. The van der Waals surface area contributed by atoms with Gasteiger partial charge in [0, 0.05) is 48.6 Å². The average molecular weight is 693 g/mol. The maximum atomic E-state index is 13.1. The molecule has 5 aromatic rings. The minimum atomic E-state index is -1.53. The van der Waals surface area contributed by atoms with Crippen molar-refractivity contribution in [3.05, 3.63) is 114 Å². The third-order valence-corrected chi connectivity index (χ3v) is 14.8. The Morgan fingerprint density at radius 3 is 2.28 bits per heavy atom. The number of esters is 1. The lowest BCUT2D eigenvalue weighted by Crippen LogP contribution is -2.41. The number of aromatic nitrogens is 5. The zero-order valence-electron chi connectivity index (χ0n) is 29.7. The third kappa shape index (κ3) is 6.58. The van der Waals surface area contributed by atoms with Crippen LogP contribution < -0.4 is 4.90 Å². The molecule has 2 aromatic heterocycles. The number of rotatable bonds is 11. The maximum absolute atomic E-state index is 13.1. The van der Waals surface area contributed by atoms with E-state index < -0.39 is 10.0 Å². The van der Waals surface area contributed by atoms with Gasteiger partial charge in [0.2, 0.25) is 0 Å². The van der Waals surface area contributed by atoms with Crippen LogP contribution in [-0.2, 0) is 16.5 Å². The van der Waals surface area contributed by atoms with Crippen LogP contribution in [0.1, 0.15) is 80.5 Å². The molecule has 0 amide bonds. The molecule has 262 valence electrons. The van der Waals surface area contributed by atoms with Crippen molar-refractivity contribution in [2.24, 2.45) is 7.05 Å².